The van der Waals surface area contributed by atoms with E-state index in [2.05, 4.69) is 12.2 Å². The van der Waals surface area contributed by atoms with E-state index in [1.165, 1.54) is 44.9 Å². The van der Waals surface area contributed by atoms with Gasteiger partial charge in [-0.05, 0) is 6.42 Å². The molecule has 0 aliphatic rings. The second-order valence-corrected chi connectivity index (χ2v) is 4.75. The van der Waals surface area contributed by atoms with Crippen LogP contribution in [0, 0.1) is 0 Å². The Bertz CT molecular complexity index is 240. The Kier molecular flexibility index (Phi) is 19.1. The monoisotopic (exact) mass is 297 g/mol. The molecule has 0 saturated heterocycles. The second-order valence-electron chi connectivity index (χ2n) is 4.75. The second kappa shape index (κ2) is 16.6. The number of unbranched alkanes of at least 4 members (excludes halogenated alkanes) is 8. The van der Waals surface area contributed by atoms with E-state index >= 15 is 0 Å². The van der Waals surface area contributed by atoms with Crippen molar-refractivity contribution < 1.29 is 67.5 Å². The van der Waals surface area contributed by atoms with Crippen molar-refractivity contribution in [2.24, 2.45) is 0 Å². The van der Waals surface area contributed by atoms with E-state index in [1.54, 1.807) is 0 Å². The molecule has 5 heteroatoms. The van der Waals surface area contributed by atoms with E-state index in [0.29, 0.717) is 6.42 Å². The topological polar surface area (TPSA) is 66.4 Å². The summed E-state index contributed by atoms with van der Waals surface area (Å²) in [6.07, 6.45) is 11.4. The van der Waals surface area contributed by atoms with Gasteiger partial charge in [-0.15, -0.1) is 0 Å². The number of amides is 1. The molecule has 0 aromatic heterocycles. The first-order valence-corrected chi connectivity index (χ1v) is 7.15. The predicted octanol–water partition coefficient (Wildman–Crippen LogP) is 0.225. The van der Waals surface area contributed by atoms with Crippen LogP contribution in [0.2, 0.25) is 0 Å². The van der Waals surface area contributed by atoms with E-state index in [-0.39, 0.29) is 65.3 Å². The number of carboxylic acid groups (broad SMARTS) is 1. The average molecular weight is 297 g/mol. The van der Waals surface area contributed by atoms with Crippen LogP contribution >= 0.6 is 0 Å². The number of aliphatic carboxylic acids is 1. The maximum atomic E-state index is 11.2. The van der Waals surface area contributed by atoms with Gasteiger partial charge >= 0.3 is 57.4 Å². The van der Waals surface area contributed by atoms with Crippen molar-refractivity contribution in [1.82, 2.24) is 5.32 Å². The summed E-state index contributed by atoms with van der Waals surface area (Å²) in [5, 5.41) is 10.7. The van der Waals surface area contributed by atoms with Crippen LogP contribution in [0.1, 0.15) is 72.6 Å². The molecule has 0 heterocycles. The van der Waals surface area contributed by atoms with E-state index in [0.717, 1.165) is 12.8 Å². The number of nitrogens with one attached hydrogen (secondary N) is 1. The number of carbonyl (C=O) groups excluding carboxylic acids is 1. The van der Waals surface area contributed by atoms with Gasteiger partial charge in [-0.3, -0.25) is 9.59 Å². The molecule has 0 rings (SSSR count). The van der Waals surface area contributed by atoms with E-state index < -0.39 is 5.97 Å². The number of hydrogen-bond donors (Lipinski definition) is 2. The summed E-state index contributed by atoms with van der Waals surface area (Å²) in [5.74, 6) is -1.14. The maximum Gasteiger partial charge on any atom is 1.00 e. The normalized spacial score (nSPS) is 9.74. The van der Waals surface area contributed by atoms with Crippen LogP contribution in [-0.2, 0) is 9.59 Å². The summed E-state index contributed by atoms with van der Waals surface area (Å²) in [7, 11) is 0. The molecular weight excluding hydrogens is 269 g/mol. The van der Waals surface area contributed by atoms with Crippen molar-refractivity contribution in [3.63, 3.8) is 0 Å². The minimum atomic E-state index is -0.990. The van der Waals surface area contributed by atoms with Crippen molar-refractivity contribution in [2.45, 2.75) is 71.1 Å². The summed E-state index contributed by atoms with van der Waals surface area (Å²) in [6, 6.07) is 0. The van der Waals surface area contributed by atoms with Gasteiger partial charge in [-0.1, -0.05) is 58.3 Å². The third-order valence-electron chi connectivity index (χ3n) is 2.94. The molecule has 0 aliphatic heterocycles. The Balaban J connectivity index is -0.00000144. The summed E-state index contributed by atoms with van der Waals surface area (Å²) >= 11 is 0. The molecule has 1 amide bonds. The average Bonchev–Trinajstić information content (AvgIpc) is 2.34. The summed E-state index contributed by atoms with van der Waals surface area (Å²) in [5.41, 5.74) is 0. The molecule has 2 N–H and O–H groups in total. The summed E-state index contributed by atoms with van der Waals surface area (Å²) in [6.45, 7) is 1.95. The van der Waals surface area contributed by atoms with Gasteiger partial charge in [-0.25, -0.2) is 0 Å². The summed E-state index contributed by atoms with van der Waals surface area (Å²) in [4.78, 5) is 21.4. The zero-order chi connectivity index (χ0) is 13.6. The Labute approximate surface area is 161 Å². The van der Waals surface area contributed by atoms with Crippen molar-refractivity contribution in [3.8, 4) is 0 Å². The van der Waals surface area contributed by atoms with Crippen LogP contribution in [0.4, 0.5) is 0 Å². The molecule has 0 aliphatic carbocycles. The first kappa shape index (κ1) is 21.9. The number of rotatable bonds is 12. The van der Waals surface area contributed by atoms with Crippen molar-refractivity contribution >= 4 is 11.9 Å². The number of carboxylic acids is 1. The van der Waals surface area contributed by atoms with Gasteiger partial charge in [0.1, 0.15) is 6.54 Å². The van der Waals surface area contributed by atoms with Gasteiger partial charge in [0, 0.05) is 6.42 Å². The first-order chi connectivity index (χ1) is 8.66. The van der Waals surface area contributed by atoms with Crippen LogP contribution in [0.5, 0.6) is 0 Å². The number of carbonyl (C=O) groups is 2. The largest absolute Gasteiger partial charge is 1.00 e. The van der Waals surface area contributed by atoms with Gasteiger partial charge in [0.05, 0.1) is 0 Å². The fraction of sp³-hybridized carbons (Fsp3) is 0.857. The minimum Gasteiger partial charge on any atom is -1.00 e. The zero-order valence-electron chi connectivity index (χ0n) is 13.5. The van der Waals surface area contributed by atoms with E-state index in [9.17, 15) is 9.59 Å². The molecule has 108 valence electrons. The Morgan fingerprint density at radius 1 is 0.947 bits per heavy atom. The van der Waals surface area contributed by atoms with Crippen LogP contribution < -0.4 is 56.7 Å². The number of hydrogen-bond acceptors (Lipinski definition) is 2. The third-order valence-corrected chi connectivity index (χ3v) is 2.94. The van der Waals surface area contributed by atoms with Gasteiger partial charge in [-0.2, -0.15) is 0 Å². The molecule has 0 spiro atoms. The fourth-order valence-electron chi connectivity index (χ4n) is 1.86. The predicted molar refractivity (Wildman–Crippen MR) is 73.6 cm³/mol. The minimum absolute atomic E-state index is 0. The third kappa shape index (κ3) is 18.6. The van der Waals surface area contributed by atoms with Gasteiger partial charge in [0.15, 0.2) is 0 Å². The maximum absolute atomic E-state index is 11.2. The van der Waals surface area contributed by atoms with Crippen molar-refractivity contribution in [1.29, 1.82) is 0 Å². The Morgan fingerprint density at radius 3 is 1.89 bits per heavy atom. The Morgan fingerprint density at radius 2 is 1.42 bits per heavy atom. The zero-order valence-corrected chi connectivity index (χ0v) is 15.7. The molecule has 0 atom stereocenters. The molecule has 0 saturated carbocycles. The van der Waals surface area contributed by atoms with Crippen LogP contribution in [0.3, 0.4) is 0 Å². The van der Waals surface area contributed by atoms with Crippen LogP contribution in [0.15, 0.2) is 0 Å². The smallest absolute Gasteiger partial charge is 1.00 e. The fourth-order valence-corrected chi connectivity index (χ4v) is 1.86. The molecule has 0 bridgehead atoms. The molecular formula is C14H28KNO3. The van der Waals surface area contributed by atoms with E-state index in [4.69, 9.17) is 5.11 Å². The molecule has 0 aromatic carbocycles. The molecule has 0 fully saturated rings. The molecule has 0 radical (unpaired) electrons. The SMILES string of the molecule is CCCCCCCCCCCC(=O)NCC(=O)O.[H-].[K+]. The van der Waals surface area contributed by atoms with Gasteiger partial charge in [0.25, 0.3) is 0 Å². The molecule has 0 unspecified atom stereocenters. The van der Waals surface area contributed by atoms with Gasteiger partial charge in [0.2, 0.25) is 5.91 Å². The van der Waals surface area contributed by atoms with Crippen LogP contribution in [0.25, 0.3) is 0 Å². The Hall–Kier alpha value is 0.576. The first-order valence-electron chi connectivity index (χ1n) is 7.15. The molecule has 19 heavy (non-hydrogen) atoms. The quantitative estimate of drug-likeness (QED) is 0.400. The molecule has 0 aromatic rings. The van der Waals surface area contributed by atoms with Crippen molar-refractivity contribution in [3.05, 3.63) is 0 Å². The van der Waals surface area contributed by atoms with Crippen molar-refractivity contribution in [2.75, 3.05) is 6.54 Å². The summed E-state index contributed by atoms with van der Waals surface area (Å²) < 4.78 is 0. The van der Waals surface area contributed by atoms with Crippen LogP contribution in [-0.4, -0.2) is 23.5 Å². The standard InChI is InChI=1S/C14H27NO3.K.H/c1-2-3-4-5-6-7-8-9-10-11-13(16)15-12-14(17)18;;/h2-12H2,1H3,(H,15,16)(H,17,18);;/q;+1;-1. The van der Waals surface area contributed by atoms with E-state index in [1.807, 2.05) is 0 Å². The van der Waals surface area contributed by atoms with Gasteiger partial charge < -0.3 is 11.8 Å². The molecule has 4 nitrogen and oxygen atoms in total.